The minimum absolute atomic E-state index is 0.0262. The van der Waals surface area contributed by atoms with Gasteiger partial charge in [-0.2, -0.15) is 0 Å². The fourth-order valence-corrected chi connectivity index (χ4v) is 3.44. The molecule has 3 rings (SSSR count). The maximum Gasteiger partial charge on any atom is 0.126 e. The smallest absolute Gasteiger partial charge is 0.126 e. The Bertz CT molecular complexity index is 511. The van der Waals surface area contributed by atoms with Gasteiger partial charge in [-0.3, -0.25) is 4.90 Å². The van der Waals surface area contributed by atoms with Gasteiger partial charge in [-0.15, -0.1) is 0 Å². The van der Waals surface area contributed by atoms with Crippen molar-refractivity contribution < 1.29 is 19.0 Å². The molecule has 134 valence electrons. The van der Waals surface area contributed by atoms with Crippen molar-refractivity contribution >= 4 is 0 Å². The lowest BCUT2D eigenvalue weighted by molar-refractivity contribution is -0.0168. The summed E-state index contributed by atoms with van der Waals surface area (Å²) in [6.07, 6.45) is 1.85. The van der Waals surface area contributed by atoms with Crippen LogP contribution in [0.1, 0.15) is 19.3 Å². The fraction of sp³-hybridized carbons (Fsp3) is 0.667. The molecule has 0 radical (unpaired) electrons. The molecule has 0 bridgehead atoms. The molecule has 2 aliphatic rings. The molecule has 2 N–H and O–H groups in total. The van der Waals surface area contributed by atoms with Crippen molar-refractivity contribution in [1.29, 1.82) is 0 Å². The van der Waals surface area contributed by atoms with Gasteiger partial charge >= 0.3 is 0 Å². The summed E-state index contributed by atoms with van der Waals surface area (Å²) in [7, 11) is 0. The van der Waals surface area contributed by atoms with E-state index in [1.165, 1.54) is 12.1 Å². The SMILES string of the molecule is O[C@@H]1[C@@H](NCCN2CCOCC2)CCC[C@H]1Oc1cccc(F)c1. The summed E-state index contributed by atoms with van der Waals surface area (Å²) in [5.41, 5.74) is 0. The second-order valence-electron chi connectivity index (χ2n) is 6.55. The van der Waals surface area contributed by atoms with E-state index in [1.54, 1.807) is 12.1 Å². The van der Waals surface area contributed by atoms with E-state index in [0.29, 0.717) is 5.75 Å². The summed E-state index contributed by atoms with van der Waals surface area (Å²) >= 11 is 0. The predicted molar refractivity (Wildman–Crippen MR) is 89.7 cm³/mol. The first-order chi connectivity index (χ1) is 11.7. The van der Waals surface area contributed by atoms with E-state index in [9.17, 15) is 9.50 Å². The number of halogens is 1. The van der Waals surface area contributed by atoms with E-state index < -0.39 is 6.10 Å². The van der Waals surface area contributed by atoms with Gasteiger partial charge in [0.2, 0.25) is 0 Å². The lowest BCUT2D eigenvalue weighted by Crippen LogP contribution is -2.52. The van der Waals surface area contributed by atoms with Gasteiger partial charge in [-0.1, -0.05) is 6.07 Å². The monoisotopic (exact) mass is 338 g/mol. The summed E-state index contributed by atoms with van der Waals surface area (Å²) in [5, 5.41) is 14.0. The number of hydrogen-bond donors (Lipinski definition) is 2. The Morgan fingerprint density at radius 1 is 1.29 bits per heavy atom. The second kappa shape index (κ2) is 8.76. The third-order valence-corrected chi connectivity index (χ3v) is 4.82. The molecule has 2 fully saturated rings. The zero-order valence-electron chi connectivity index (χ0n) is 14.0. The first-order valence-corrected chi connectivity index (χ1v) is 8.86. The largest absolute Gasteiger partial charge is 0.488 e. The third kappa shape index (κ3) is 4.89. The minimum atomic E-state index is -0.577. The van der Waals surface area contributed by atoms with Gasteiger partial charge in [0, 0.05) is 38.3 Å². The molecular formula is C18H27FN2O3. The van der Waals surface area contributed by atoms with Gasteiger partial charge in [0.25, 0.3) is 0 Å². The van der Waals surface area contributed by atoms with E-state index in [2.05, 4.69) is 10.2 Å². The van der Waals surface area contributed by atoms with Crippen molar-refractivity contribution in [1.82, 2.24) is 10.2 Å². The zero-order chi connectivity index (χ0) is 16.8. The van der Waals surface area contributed by atoms with E-state index in [4.69, 9.17) is 9.47 Å². The molecule has 3 atom stereocenters. The van der Waals surface area contributed by atoms with Crippen LogP contribution in [0.5, 0.6) is 5.75 Å². The third-order valence-electron chi connectivity index (χ3n) is 4.82. The number of ether oxygens (including phenoxy) is 2. The number of hydrogen-bond acceptors (Lipinski definition) is 5. The van der Waals surface area contributed by atoms with Crippen LogP contribution in [0.3, 0.4) is 0 Å². The summed E-state index contributed by atoms with van der Waals surface area (Å²) in [6, 6.07) is 6.13. The quantitative estimate of drug-likeness (QED) is 0.821. The van der Waals surface area contributed by atoms with Crippen molar-refractivity contribution in [3.63, 3.8) is 0 Å². The van der Waals surface area contributed by atoms with E-state index in [1.807, 2.05) is 0 Å². The van der Waals surface area contributed by atoms with Crippen molar-refractivity contribution in [2.45, 2.75) is 37.5 Å². The van der Waals surface area contributed by atoms with Crippen LogP contribution in [0.2, 0.25) is 0 Å². The number of benzene rings is 1. The van der Waals surface area contributed by atoms with Crippen LogP contribution in [-0.4, -0.2) is 67.6 Å². The number of aliphatic hydroxyl groups excluding tert-OH is 1. The molecule has 1 aliphatic heterocycles. The summed E-state index contributed by atoms with van der Waals surface area (Å²) < 4.78 is 24.4. The average molecular weight is 338 g/mol. The molecule has 5 nitrogen and oxygen atoms in total. The van der Waals surface area contributed by atoms with Crippen molar-refractivity contribution in [3.8, 4) is 5.75 Å². The highest BCUT2D eigenvalue weighted by Gasteiger charge is 2.33. The van der Waals surface area contributed by atoms with E-state index in [0.717, 1.165) is 58.7 Å². The Morgan fingerprint density at radius 3 is 2.92 bits per heavy atom. The second-order valence-corrected chi connectivity index (χ2v) is 6.55. The van der Waals surface area contributed by atoms with Gasteiger partial charge < -0.3 is 19.9 Å². The van der Waals surface area contributed by atoms with Crippen molar-refractivity contribution in [2.75, 3.05) is 39.4 Å². The first kappa shape index (κ1) is 17.6. The van der Waals surface area contributed by atoms with Crippen LogP contribution in [0, 0.1) is 5.82 Å². The first-order valence-electron chi connectivity index (χ1n) is 8.86. The lowest BCUT2D eigenvalue weighted by atomic mass is 9.90. The van der Waals surface area contributed by atoms with Gasteiger partial charge in [-0.25, -0.2) is 4.39 Å². The molecule has 1 aromatic carbocycles. The number of nitrogens with zero attached hydrogens (tertiary/aromatic N) is 1. The number of morpholine rings is 1. The normalized spacial score (nSPS) is 28.7. The van der Waals surface area contributed by atoms with Gasteiger partial charge in [0.15, 0.2) is 0 Å². The van der Waals surface area contributed by atoms with Crippen LogP contribution in [-0.2, 0) is 4.74 Å². The van der Waals surface area contributed by atoms with Crippen LogP contribution in [0.25, 0.3) is 0 Å². The molecule has 1 saturated carbocycles. The maximum absolute atomic E-state index is 13.3. The molecule has 0 amide bonds. The van der Waals surface area contributed by atoms with Crippen LogP contribution < -0.4 is 10.1 Å². The summed E-state index contributed by atoms with van der Waals surface area (Å²) in [6.45, 7) is 5.35. The van der Waals surface area contributed by atoms with Gasteiger partial charge in [0.05, 0.1) is 13.2 Å². The highest BCUT2D eigenvalue weighted by atomic mass is 19.1. The van der Waals surface area contributed by atoms with Crippen LogP contribution in [0.15, 0.2) is 24.3 Å². The van der Waals surface area contributed by atoms with Crippen LogP contribution >= 0.6 is 0 Å². The molecule has 1 heterocycles. The lowest BCUT2D eigenvalue weighted by Gasteiger charge is -2.36. The molecular weight excluding hydrogens is 311 g/mol. The molecule has 6 heteroatoms. The Morgan fingerprint density at radius 2 is 2.12 bits per heavy atom. The summed E-state index contributed by atoms with van der Waals surface area (Å²) in [4.78, 5) is 2.37. The Balaban J connectivity index is 1.46. The fourth-order valence-electron chi connectivity index (χ4n) is 3.44. The number of rotatable bonds is 6. The maximum atomic E-state index is 13.3. The Hall–Kier alpha value is -1.21. The Labute approximate surface area is 142 Å². The molecule has 24 heavy (non-hydrogen) atoms. The van der Waals surface area contributed by atoms with Crippen molar-refractivity contribution in [2.24, 2.45) is 0 Å². The molecule has 1 aromatic rings. The predicted octanol–water partition coefficient (Wildman–Crippen LogP) is 1.41. The standard InChI is InChI=1S/C18H27FN2O3/c19-14-3-1-4-15(13-14)24-17-6-2-5-16(18(17)22)20-7-8-21-9-11-23-12-10-21/h1,3-4,13,16-18,20,22H,2,5-12H2/t16-,17+,18+/m0/s1. The summed E-state index contributed by atoms with van der Waals surface area (Å²) in [5.74, 6) is 0.158. The van der Waals surface area contributed by atoms with Crippen LogP contribution in [0.4, 0.5) is 4.39 Å². The van der Waals surface area contributed by atoms with E-state index in [-0.39, 0.29) is 18.0 Å². The molecule has 0 aromatic heterocycles. The van der Waals surface area contributed by atoms with Crippen molar-refractivity contribution in [3.05, 3.63) is 30.1 Å². The highest BCUT2D eigenvalue weighted by molar-refractivity contribution is 5.23. The topological polar surface area (TPSA) is 54.0 Å². The molecule has 1 aliphatic carbocycles. The number of nitrogens with one attached hydrogen (secondary N) is 1. The average Bonchev–Trinajstić information content (AvgIpc) is 2.59. The molecule has 0 unspecified atom stereocenters. The number of aliphatic hydroxyl groups is 1. The molecule has 1 saturated heterocycles. The molecule has 0 spiro atoms. The van der Waals surface area contributed by atoms with Gasteiger partial charge in [0.1, 0.15) is 23.8 Å². The highest BCUT2D eigenvalue weighted by Crippen LogP contribution is 2.24. The van der Waals surface area contributed by atoms with Gasteiger partial charge in [-0.05, 0) is 31.4 Å². The Kier molecular flexibility index (Phi) is 6.43. The minimum Gasteiger partial charge on any atom is -0.488 e. The zero-order valence-corrected chi connectivity index (χ0v) is 14.0. The van der Waals surface area contributed by atoms with E-state index >= 15 is 0 Å².